The zero-order chi connectivity index (χ0) is 0. The first-order chi connectivity index (χ1) is 0. The van der Waals surface area contributed by atoms with Crippen molar-refractivity contribution in [1.82, 2.24) is 0 Å². The molecule has 0 unspecified atom stereocenters. The molecule has 0 aromatic rings. The van der Waals surface area contributed by atoms with E-state index in [1.165, 1.54) is 0 Å². The monoisotopic (exact) mass is 202 g/mol. The Morgan fingerprint density at radius 3 is 0.286 bits per heavy atom. The zero-order valence-electron chi connectivity index (χ0n) is 3.78. The van der Waals surface area contributed by atoms with Crippen molar-refractivity contribution in [3.8, 4) is 0 Å². The summed E-state index contributed by atoms with van der Waals surface area (Å²) in [6, 6.07) is 0. The molecule has 0 rings (SSSR count). The van der Waals surface area contributed by atoms with Gasteiger partial charge in [0, 0.05) is 20.4 Å². The smallest absolute Gasteiger partial charge is 0 e. The maximum absolute atomic E-state index is 0. The molecule has 6 nitrogen and oxygen atoms in total. The second-order valence-corrected chi connectivity index (χ2v) is 0. The van der Waals surface area contributed by atoms with E-state index >= 15 is 0 Å². The van der Waals surface area contributed by atoms with Gasteiger partial charge >= 0.3 is 0 Å². The van der Waals surface area contributed by atoms with Crippen molar-refractivity contribution in [2.45, 2.75) is 0 Å². The van der Waals surface area contributed by atoms with E-state index in [1.54, 1.807) is 0 Å². The molecule has 0 aromatic carbocycles. The molecule has 0 aliphatic carbocycles. The Kier molecular flexibility index (Phi) is 260000. The Bertz CT molecular complexity index is 4.14. The van der Waals surface area contributed by atoms with Crippen LogP contribution in [0.25, 0.3) is 36.9 Å². The molecule has 58 valence electrons. The van der Waals surface area contributed by atoms with Gasteiger partial charge in [-0.25, -0.2) is 0 Å². The molecule has 0 atom stereocenters. The third-order valence-corrected chi connectivity index (χ3v) is 0. The van der Waals surface area contributed by atoms with Gasteiger partial charge in [-0.2, -0.15) is 0 Å². The SMILES string of the molecule is [NH2-].[NH2-].[NH2-].[NH2-].[NH2-].[NH2-].[Pd]. The quantitative estimate of drug-likeness (QED) is 0.504. The van der Waals surface area contributed by atoms with Crippen LogP contribution in [-0.2, 0) is 20.4 Å². The normalized spacial score (nSPS) is 0. The molecule has 7 heteroatoms. The van der Waals surface area contributed by atoms with Crippen molar-refractivity contribution in [3.05, 3.63) is 36.9 Å². The molecule has 0 radical (unpaired) electrons. The molecule has 0 aliphatic heterocycles. The van der Waals surface area contributed by atoms with Gasteiger partial charge in [0.2, 0.25) is 0 Å². The van der Waals surface area contributed by atoms with E-state index in [9.17, 15) is 0 Å². The van der Waals surface area contributed by atoms with Crippen LogP contribution in [0.2, 0.25) is 0 Å². The fourth-order valence-electron chi connectivity index (χ4n) is 0. The first-order valence-electron chi connectivity index (χ1n) is 0. The number of hydrogen-bond donors (Lipinski definition) is 0. The summed E-state index contributed by atoms with van der Waals surface area (Å²) < 4.78 is 0. The van der Waals surface area contributed by atoms with Gasteiger partial charge in [-0.15, -0.1) is 0 Å². The summed E-state index contributed by atoms with van der Waals surface area (Å²) in [5.41, 5.74) is 0. The fraction of sp³-hybridized carbons (Fsp3) is 0. The Labute approximate surface area is 58.0 Å². The van der Waals surface area contributed by atoms with Gasteiger partial charge in [-0.1, -0.05) is 0 Å². The van der Waals surface area contributed by atoms with Crippen LogP contribution in [-0.4, -0.2) is 0 Å². The first kappa shape index (κ1) is 1720. The van der Waals surface area contributed by atoms with Crippen molar-refractivity contribution in [2.24, 2.45) is 0 Å². The minimum atomic E-state index is 0. The molecule has 0 amide bonds. The van der Waals surface area contributed by atoms with E-state index in [1.807, 2.05) is 0 Å². The molecule has 12 N–H and O–H groups in total. The van der Waals surface area contributed by atoms with Crippen LogP contribution in [0.3, 0.4) is 0 Å². The van der Waals surface area contributed by atoms with Gasteiger partial charge in [-0.3, -0.25) is 0 Å². The molecule has 0 saturated heterocycles. The Balaban J connectivity index is 0. The third-order valence-electron chi connectivity index (χ3n) is 0. The van der Waals surface area contributed by atoms with Gasteiger partial charge in [0.15, 0.2) is 0 Å². The molecule has 7 heavy (non-hydrogen) atoms. The summed E-state index contributed by atoms with van der Waals surface area (Å²) in [6.07, 6.45) is 0. The van der Waals surface area contributed by atoms with Crippen LogP contribution < -0.4 is 0 Å². The van der Waals surface area contributed by atoms with Crippen molar-refractivity contribution in [2.75, 3.05) is 0 Å². The van der Waals surface area contributed by atoms with E-state index < -0.39 is 0 Å². The Morgan fingerprint density at radius 2 is 0.286 bits per heavy atom. The predicted molar refractivity (Wildman–Crippen MR) is 31.7 cm³/mol. The summed E-state index contributed by atoms with van der Waals surface area (Å²) in [5.74, 6) is 0. The van der Waals surface area contributed by atoms with Crippen LogP contribution >= 0.6 is 0 Å². The molecular formula is H12N6Pd-6. The van der Waals surface area contributed by atoms with Crippen molar-refractivity contribution >= 4 is 0 Å². The maximum atomic E-state index is 0. The molecule has 0 spiro atoms. The Hall–Kier alpha value is 0.422. The van der Waals surface area contributed by atoms with Crippen molar-refractivity contribution in [1.29, 1.82) is 0 Å². The van der Waals surface area contributed by atoms with Gasteiger partial charge < -0.3 is 36.9 Å². The first-order valence-corrected chi connectivity index (χ1v) is 0. The minimum absolute atomic E-state index is 0. The third kappa shape index (κ3) is 704. The summed E-state index contributed by atoms with van der Waals surface area (Å²) in [5, 5.41) is 0. The largest absolute Gasteiger partial charge is 0.693 e. The van der Waals surface area contributed by atoms with Crippen molar-refractivity contribution < 1.29 is 20.4 Å². The van der Waals surface area contributed by atoms with Crippen LogP contribution in [0.4, 0.5) is 0 Å². The van der Waals surface area contributed by atoms with Crippen molar-refractivity contribution in [3.63, 3.8) is 0 Å². The van der Waals surface area contributed by atoms with Crippen LogP contribution in [0.1, 0.15) is 0 Å². The topological polar surface area (TPSA) is 201 Å². The van der Waals surface area contributed by atoms with Gasteiger partial charge in [0.1, 0.15) is 0 Å². The molecule has 0 bridgehead atoms. The molecule has 0 heterocycles. The zero-order valence-corrected chi connectivity index (χ0v) is 5.33. The standard InChI is InChI=1S/6H2N.Pd/h6*1H2;/q6*-1;. The van der Waals surface area contributed by atoms with Gasteiger partial charge in [0.25, 0.3) is 0 Å². The summed E-state index contributed by atoms with van der Waals surface area (Å²) >= 11 is 0. The summed E-state index contributed by atoms with van der Waals surface area (Å²) in [7, 11) is 0. The number of nitrogens with two attached hydrogens (primary N) is 6. The number of hydrogen-bond acceptors (Lipinski definition) is 0. The van der Waals surface area contributed by atoms with E-state index in [0.29, 0.717) is 0 Å². The molecule has 0 saturated carbocycles. The van der Waals surface area contributed by atoms with Crippen LogP contribution in [0.15, 0.2) is 0 Å². The van der Waals surface area contributed by atoms with E-state index in [4.69, 9.17) is 0 Å². The average molecular weight is 203 g/mol. The minimum Gasteiger partial charge on any atom is -0.693 e. The van der Waals surface area contributed by atoms with Crippen LogP contribution in [0, 0.1) is 0 Å². The second kappa shape index (κ2) is 1060. The molecule has 0 aliphatic rings. The average Bonchev–Trinajstić information content (AvgIpc) is 0. The van der Waals surface area contributed by atoms with Crippen LogP contribution in [0.5, 0.6) is 0 Å². The summed E-state index contributed by atoms with van der Waals surface area (Å²) in [4.78, 5) is 0. The predicted octanol–water partition coefficient (Wildman–Crippen LogP) is 4.30. The molecule has 0 fully saturated rings. The van der Waals surface area contributed by atoms with E-state index in [2.05, 4.69) is 0 Å². The Morgan fingerprint density at radius 1 is 0.286 bits per heavy atom. The van der Waals surface area contributed by atoms with E-state index in [-0.39, 0.29) is 57.3 Å². The second-order valence-electron chi connectivity index (χ2n) is 0. The van der Waals surface area contributed by atoms with E-state index in [0.717, 1.165) is 0 Å². The van der Waals surface area contributed by atoms with Gasteiger partial charge in [-0.05, 0) is 0 Å². The summed E-state index contributed by atoms with van der Waals surface area (Å²) in [6.45, 7) is 0. The maximum Gasteiger partial charge on any atom is 0 e. The fourth-order valence-corrected chi connectivity index (χ4v) is 0. The number of rotatable bonds is 0. The molecular weight excluding hydrogens is 190 g/mol. The molecule has 0 aromatic heterocycles. The van der Waals surface area contributed by atoms with Gasteiger partial charge in [0.05, 0.1) is 0 Å².